The van der Waals surface area contributed by atoms with Crippen LogP contribution in [-0.4, -0.2) is 47.8 Å². The average Bonchev–Trinajstić information content (AvgIpc) is 3.25. The second kappa shape index (κ2) is 14.5. The van der Waals surface area contributed by atoms with Crippen molar-refractivity contribution in [2.45, 2.75) is 109 Å². The Hall–Kier alpha value is -2.10. The molecule has 0 saturated heterocycles. The van der Waals surface area contributed by atoms with E-state index in [0.29, 0.717) is 19.4 Å². The third-order valence-electron chi connectivity index (χ3n) is 5.74. The molecule has 1 aromatic rings. The van der Waals surface area contributed by atoms with Crippen molar-refractivity contribution in [3.05, 3.63) is 30.9 Å². The molecule has 0 amide bonds. The summed E-state index contributed by atoms with van der Waals surface area (Å²) in [6.07, 6.45) is 11.0. The summed E-state index contributed by atoms with van der Waals surface area (Å²) in [6, 6.07) is 0. The molecule has 1 aromatic heterocycles. The van der Waals surface area contributed by atoms with Gasteiger partial charge in [0.05, 0.1) is 15.5 Å². The smallest absolute Gasteiger partial charge is 0.435 e. The molecule has 1 atom stereocenters. The predicted octanol–water partition coefficient (Wildman–Crippen LogP) is 5.40. The highest BCUT2D eigenvalue weighted by atomic mass is 32.3. The predicted molar refractivity (Wildman–Crippen MR) is 132 cm³/mol. The summed E-state index contributed by atoms with van der Waals surface area (Å²) in [6.45, 7) is 8.46. The van der Waals surface area contributed by atoms with Crippen molar-refractivity contribution in [2.24, 2.45) is 0 Å². The number of hydrogen-bond acceptors (Lipinski definition) is 5. The maximum Gasteiger partial charge on any atom is 0.561 e. The molecule has 0 aliphatic heterocycles. The van der Waals surface area contributed by atoms with Gasteiger partial charge in [0.1, 0.15) is 25.0 Å². The molecule has 1 unspecified atom stereocenters. The van der Waals surface area contributed by atoms with Crippen LogP contribution in [0.4, 0.5) is 26.3 Å². The summed E-state index contributed by atoms with van der Waals surface area (Å²) in [5.74, 6) is -1.66. The minimum atomic E-state index is -7.09. The number of aromatic nitrogens is 2. The van der Waals surface area contributed by atoms with Crippen LogP contribution < -0.4 is 4.57 Å². The zero-order valence-electron chi connectivity index (χ0n) is 22.3. The van der Waals surface area contributed by atoms with Crippen LogP contribution in [0.1, 0.15) is 78.6 Å². The number of aryl methyl sites for hydroxylation is 1. The Morgan fingerprint density at radius 1 is 0.923 bits per heavy atom. The van der Waals surface area contributed by atoms with E-state index in [1.807, 2.05) is 6.92 Å². The lowest BCUT2D eigenvalue weighted by Crippen LogP contribution is -2.48. The molecule has 1 rings (SSSR count). The van der Waals surface area contributed by atoms with Gasteiger partial charge < -0.3 is 4.74 Å². The molecule has 1 heterocycles. The third kappa shape index (κ3) is 9.80. The number of nitrogens with zero attached hydrogens (tertiary/aromatic N) is 3. The molecular formula is C23H37F6N3O5S2+2. The number of halogens is 6. The second-order valence-corrected chi connectivity index (χ2v) is 12.9. The molecule has 226 valence electrons. The van der Waals surface area contributed by atoms with Crippen molar-refractivity contribution >= 4 is 25.9 Å². The summed E-state index contributed by atoms with van der Waals surface area (Å²) in [7, 11) is -14.2. The molecule has 0 spiro atoms. The molecule has 0 fully saturated rings. The Bertz CT molecular complexity index is 1140. The molecule has 8 nitrogen and oxygen atoms in total. The van der Waals surface area contributed by atoms with E-state index in [-0.39, 0.29) is 13.0 Å². The quantitative estimate of drug-likeness (QED) is 0.0820. The van der Waals surface area contributed by atoms with E-state index in [2.05, 4.69) is 13.5 Å². The molecule has 0 saturated carbocycles. The van der Waals surface area contributed by atoms with Gasteiger partial charge in [-0.15, -0.1) is 0 Å². The first-order valence-electron chi connectivity index (χ1n) is 12.6. The molecule has 0 radical (unpaired) electrons. The van der Waals surface area contributed by atoms with E-state index >= 15 is 0 Å². The zero-order chi connectivity index (χ0) is 30.1. The number of unbranched alkanes of at least 4 members (excludes halogenated alkanes) is 7. The molecule has 16 heteroatoms. The van der Waals surface area contributed by atoms with Gasteiger partial charge in [-0.1, -0.05) is 58.4 Å². The van der Waals surface area contributed by atoms with Gasteiger partial charge in [0.2, 0.25) is 6.33 Å². The highest BCUT2D eigenvalue weighted by Crippen LogP contribution is 2.33. The van der Waals surface area contributed by atoms with Gasteiger partial charge in [0.25, 0.3) is 0 Å². The maximum atomic E-state index is 13.4. The standard InChI is InChI=1S/C23H37F6N3O5S2/c1-5-7-8-9-10-11-12-13-14-20(17-31-16-15-30(6-2)18-31)37-21(19(3)4)32(38(33,34)22(24,25)26)39(35,36)23(27,28)29/h15-16,18,20H,3,5-14,17H2,1-2,4H3/q+2. The minimum Gasteiger partial charge on any atom is -0.435 e. The van der Waals surface area contributed by atoms with Crippen molar-refractivity contribution in [2.75, 3.05) is 0 Å². The summed E-state index contributed by atoms with van der Waals surface area (Å²) in [5.41, 5.74) is -13.5. The Morgan fingerprint density at radius 2 is 1.41 bits per heavy atom. The van der Waals surface area contributed by atoms with Gasteiger partial charge in [-0.25, -0.2) is 9.13 Å². The van der Waals surface area contributed by atoms with Crippen LogP contribution in [0.3, 0.4) is 0 Å². The third-order valence-corrected chi connectivity index (χ3v) is 9.29. The van der Waals surface area contributed by atoms with Gasteiger partial charge in [-0.05, 0) is 26.7 Å². The van der Waals surface area contributed by atoms with Crippen LogP contribution >= 0.6 is 0 Å². The van der Waals surface area contributed by atoms with E-state index in [0.717, 1.165) is 45.4 Å². The molecule has 0 aromatic carbocycles. The Balaban J connectivity index is 3.47. The van der Waals surface area contributed by atoms with E-state index in [1.165, 1.54) is 0 Å². The topological polar surface area (TPSA) is 89.3 Å². The Kier molecular flexibility index (Phi) is 13.0. The Morgan fingerprint density at radius 3 is 1.82 bits per heavy atom. The normalized spacial score (nSPS) is 13.8. The van der Waals surface area contributed by atoms with Crippen molar-refractivity contribution in [3.63, 3.8) is 0 Å². The van der Waals surface area contributed by atoms with E-state index < -0.39 is 52.0 Å². The van der Waals surface area contributed by atoms with Gasteiger partial charge in [-0.3, -0.25) is 0 Å². The monoisotopic (exact) mass is 613 g/mol. The van der Waals surface area contributed by atoms with Crippen molar-refractivity contribution in [1.82, 2.24) is 4.57 Å². The van der Waals surface area contributed by atoms with Crippen LogP contribution in [-0.2, 0) is 37.9 Å². The minimum absolute atomic E-state index is 0.0992. The molecule has 0 aliphatic carbocycles. The van der Waals surface area contributed by atoms with Gasteiger partial charge >= 0.3 is 37.0 Å². The highest BCUT2D eigenvalue weighted by molar-refractivity contribution is 7.98. The summed E-state index contributed by atoms with van der Waals surface area (Å²) in [5, 5.41) is 0. The summed E-state index contributed by atoms with van der Waals surface area (Å²) < 4.78 is 136. The van der Waals surface area contributed by atoms with Crippen LogP contribution in [0.15, 0.2) is 30.9 Å². The molecule has 39 heavy (non-hydrogen) atoms. The molecule has 0 N–H and O–H groups in total. The summed E-state index contributed by atoms with van der Waals surface area (Å²) >= 11 is 0. The van der Waals surface area contributed by atoms with Gasteiger partial charge in [-0.2, -0.15) is 43.2 Å². The second-order valence-electron chi connectivity index (χ2n) is 9.13. The lowest BCUT2D eigenvalue weighted by Gasteiger charge is -2.18. The fourth-order valence-electron chi connectivity index (χ4n) is 3.66. The van der Waals surface area contributed by atoms with Gasteiger partial charge in [0, 0.05) is 0 Å². The van der Waals surface area contributed by atoms with E-state index in [4.69, 9.17) is 4.74 Å². The first-order valence-corrected chi connectivity index (χ1v) is 15.5. The first kappa shape index (κ1) is 34.9. The lowest BCUT2D eigenvalue weighted by atomic mass is 10.1. The Labute approximate surface area is 226 Å². The fourth-order valence-corrected chi connectivity index (χ4v) is 6.41. The molecule has 0 bridgehead atoms. The number of imidazole rings is 1. The van der Waals surface area contributed by atoms with E-state index in [9.17, 15) is 43.2 Å². The van der Waals surface area contributed by atoms with Gasteiger partial charge in [0.15, 0.2) is 0 Å². The molecular weight excluding hydrogens is 576 g/mol. The van der Waals surface area contributed by atoms with Crippen molar-refractivity contribution in [1.29, 1.82) is 0 Å². The van der Waals surface area contributed by atoms with Crippen LogP contribution in [0.2, 0.25) is 0 Å². The van der Waals surface area contributed by atoms with Crippen LogP contribution in [0.25, 0.3) is 0 Å². The van der Waals surface area contributed by atoms with E-state index in [1.54, 1.807) is 27.9 Å². The largest absolute Gasteiger partial charge is 0.561 e. The maximum absolute atomic E-state index is 13.4. The number of ether oxygens (including phenoxy) is 1. The number of hydrogen-bond donors (Lipinski definition) is 0. The van der Waals surface area contributed by atoms with Crippen molar-refractivity contribution < 1.29 is 55.9 Å². The SMILES string of the molecule is C=C(C)C(OC(CCCCCCCCCC)C[n+]1ccn(CC)c1)=[N+](S(=O)(=O)C(F)(F)F)S(=O)(=O)C(F)(F)F. The number of rotatable bonds is 16. The molecule has 0 aliphatic rings. The highest BCUT2D eigenvalue weighted by Gasteiger charge is 2.69. The average molecular weight is 614 g/mol. The zero-order valence-corrected chi connectivity index (χ0v) is 23.9. The lowest BCUT2D eigenvalue weighted by molar-refractivity contribution is -0.702. The first-order chi connectivity index (χ1) is 17.9. The van der Waals surface area contributed by atoms with Crippen LogP contribution in [0.5, 0.6) is 0 Å². The fraction of sp³-hybridized carbons (Fsp3) is 0.739. The number of sulfonamides is 2. The van der Waals surface area contributed by atoms with Crippen molar-refractivity contribution in [3.8, 4) is 0 Å². The number of alkyl halides is 6. The summed E-state index contributed by atoms with van der Waals surface area (Å²) in [4.78, 5) is 0. The van der Waals surface area contributed by atoms with Crippen LogP contribution in [0, 0.1) is 0 Å².